The minimum atomic E-state index is -0.275. The second kappa shape index (κ2) is 6.60. The zero-order chi connectivity index (χ0) is 16.4. The monoisotopic (exact) mass is 345 g/mol. The zero-order valence-electron chi connectivity index (χ0n) is 12.9. The fourth-order valence-corrected chi connectivity index (χ4v) is 3.42. The number of fused-ring (bicyclic) bond motifs is 1. The topological polar surface area (TPSA) is 51.4 Å². The Morgan fingerprint density at radius 1 is 1.29 bits per heavy atom. The summed E-state index contributed by atoms with van der Waals surface area (Å²) < 4.78 is 24.1. The Kier molecular flexibility index (Phi) is 4.17. The smallest absolute Gasteiger partial charge is 0.227 e. The number of rotatable bonds is 5. The van der Waals surface area contributed by atoms with E-state index < -0.39 is 0 Å². The molecule has 0 saturated carbocycles. The van der Waals surface area contributed by atoms with Crippen molar-refractivity contribution in [3.63, 3.8) is 0 Å². The largest absolute Gasteiger partial charge is 0.489 e. The first-order valence-electron chi connectivity index (χ1n) is 7.83. The van der Waals surface area contributed by atoms with E-state index in [1.165, 1.54) is 12.1 Å². The highest BCUT2D eigenvalue weighted by Crippen LogP contribution is 2.32. The molecular formula is C17H16FN3O2S. The molecule has 3 heterocycles. The molecule has 1 aliphatic heterocycles. The van der Waals surface area contributed by atoms with Gasteiger partial charge in [0.2, 0.25) is 11.7 Å². The van der Waals surface area contributed by atoms with Crippen LogP contribution in [0.3, 0.4) is 0 Å². The van der Waals surface area contributed by atoms with Gasteiger partial charge in [0.1, 0.15) is 18.2 Å². The van der Waals surface area contributed by atoms with Crippen molar-refractivity contribution in [1.29, 1.82) is 0 Å². The molecule has 7 heteroatoms. The van der Waals surface area contributed by atoms with Gasteiger partial charge in [0, 0.05) is 19.0 Å². The Labute approximate surface area is 142 Å². The van der Waals surface area contributed by atoms with E-state index in [1.54, 1.807) is 17.4 Å². The molecule has 0 fully saturated rings. The van der Waals surface area contributed by atoms with Gasteiger partial charge in [-0.2, -0.15) is 4.98 Å². The van der Waals surface area contributed by atoms with E-state index in [4.69, 9.17) is 9.26 Å². The van der Waals surface area contributed by atoms with Gasteiger partial charge in [0.05, 0.1) is 17.1 Å². The van der Waals surface area contributed by atoms with Crippen LogP contribution in [-0.2, 0) is 6.42 Å². The van der Waals surface area contributed by atoms with Crippen molar-refractivity contribution in [3.8, 4) is 16.5 Å². The summed E-state index contributed by atoms with van der Waals surface area (Å²) in [5.41, 5.74) is 0.937. The number of anilines is 1. The standard InChI is InChI=1S/C17H16FN3O2S/c18-12-5-6-13-14(11-12)22-9-8-21(13)7-1-4-16-19-17(20-23-16)15-3-2-10-24-15/h2-3,5-6,10-11H,1,4,7-9H2. The maximum Gasteiger partial charge on any atom is 0.227 e. The summed E-state index contributed by atoms with van der Waals surface area (Å²) in [6.07, 6.45) is 1.59. The van der Waals surface area contributed by atoms with Crippen LogP contribution in [0.2, 0.25) is 0 Å². The fraction of sp³-hybridized carbons (Fsp3) is 0.294. The summed E-state index contributed by atoms with van der Waals surface area (Å²) in [5, 5.41) is 6.01. The highest BCUT2D eigenvalue weighted by Gasteiger charge is 2.18. The Bertz CT molecular complexity index is 819. The first-order chi connectivity index (χ1) is 11.8. The molecule has 4 rings (SSSR count). The highest BCUT2D eigenvalue weighted by molar-refractivity contribution is 7.13. The van der Waals surface area contributed by atoms with Crippen LogP contribution in [0.25, 0.3) is 10.7 Å². The average Bonchev–Trinajstić information content (AvgIpc) is 3.26. The van der Waals surface area contributed by atoms with Crippen molar-refractivity contribution < 1.29 is 13.7 Å². The number of nitrogens with zero attached hydrogens (tertiary/aromatic N) is 3. The van der Waals surface area contributed by atoms with E-state index in [-0.39, 0.29) is 5.82 Å². The first-order valence-corrected chi connectivity index (χ1v) is 8.71. The Hall–Kier alpha value is -2.41. The number of benzene rings is 1. The number of hydrogen-bond acceptors (Lipinski definition) is 6. The molecule has 0 bridgehead atoms. The normalized spacial score (nSPS) is 13.6. The van der Waals surface area contributed by atoms with Gasteiger partial charge in [-0.05, 0) is 30.0 Å². The van der Waals surface area contributed by atoms with Crippen molar-refractivity contribution >= 4 is 17.0 Å². The molecule has 1 aliphatic rings. The lowest BCUT2D eigenvalue weighted by Gasteiger charge is -2.31. The van der Waals surface area contributed by atoms with Gasteiger partial charge in [-0.15, -0.1) is 11.3 Å². The summed E-state index contributed by atoms with van der Waals surface area (Å²) >= 11 is 1.59. The highest BCUT2D eigenvalue weighted by atomic mass is 32.1. The maximum atomic E-state index is 13.3. The molecule has 5 nitrogen and oxygen atoms in total. The Morgan fingerprint density at radius 3 is 3.12 bits per heavy atom. The third kappa shape index (κ3) is 3.12. The van der Waals surface area contributed by atoms with Crippen molar-refractivity contribution in [1.82, 2.24) is 10.1 Å². The number of aryl methyl sites for hydroxylation is 1. The van der Waals surface area contributed by atoms with Gasteiger partial charge in [-0.25, -0.2) is 4.39 Å². The third-order valence-electron chi connectivity index (χ3n) is 3.91. The van der Waals surface area contributed by atoms with E-state index in [0.717, 1.165) is 30.1 Å². The molecule has 0 saturated heterocycles. The second-order valence-corrected chi connectivity index (χ2v) is 6.49. The summed E-state index contributed by atoms with van der Waals surface area (Å²) in [4.78, 5) is 7.64. The molecule has 0 amide bonds. The number of ether oxygens (including phenoxy) is 1. The Morgan fingerprint density at radius 2 is 2.25 bits per heavy atom. The van der Waals surface area contributed by atoms with Crippen LogP contribution in [0.15, 0.2) is 40.2 Å². The summed E-state index contributed by atoms with van der Waals surface area (Å²) in [7, 11) is 0. The van der Waals surface area contributed by atoms with E-state index in [0.29, 0.717) is 30.5 Å². The molecule has 0 atom stereocenters. The molecule has 0 N–H and O–H groups in total. The van der Waals surface area contributed by atoms with E-state index >= 15 is 0 Å². The molecule has 124 valence electrons. The number of thiophene rings is 1. The van der Waals surface area contributed by atoms with Gasteiger partial charge in [0.15, 0.2) is 0 Å². The minimum Gasteiger partial charge on any atom is -0.489 e. The van der Waals surface area contributed by atoms with Gasteiger partial charge in [0.25, 0.3) is 0 Å². The van der Waals surface area contributed by atoms with Crippen LogP contribution in [0.5, 0.6) is 5.75 Å². The third-order valence-corrected chi connectivity index (χ3v) is 4.78. The van der Waals surface area contributed by atoms with Crippen LogP contribution in [0.4, 0.5) is 10.1 Å². The van der Waals surface area contributed by atoms with E-state index in [1.807, 2.05) is 17.5 Å². The van der Waals surface area contributed by atoms with Gasteiger partial charge < -0.3 is 14.2 Å². The Balaban J connectivity index is 1.37. The SMILES string of the molecule is Fc1ccc2c(c1)OCCN2CCCc1nc(-c2cccs2)no1. The van der Waals surface area contributed by atoms with Crippen molar-refractivity contribution in [2.24, 2.45) is 0 Å². The van der Waals surface area contributed by atoms with Gasteiger partial charge in [-0.1, -0.05) is 11.2 Å². The van der Waals surface area contributed by atoms with Gasteiger partial charge >= 0.3 is 0 Å². The predicted molar refractivity (Wildman–Crippen MR) is 90.0 cm³/mol. The molecule has 1 aromatic carbocycles. The van der Waals surface area contributed by atoms with Crippen LogP contribution in [0.1, 0.15) is 12.3 Å². The van der Waals surface area contributed by atoms with Gasteiger partial charge in [-0.3, -0.25) is 0 Å². The maximum absolute atomic E-state index is 13.3. The quantitative estimate of drug-likeness (QED) is 0.704. The molecule has 0 unspecified atom stereocenters. The molecule has 24 heavy (non-hydrogen) atoms. The van der Waals surface area contributed by atoms with Crippen molar-refractivity contribution in [2.75, 3.05) is 24.6 Å². The van der Waals surface area contributed by atoms with Crippen LogP contribution in [-0.4, -0.2) is 29.8 Å². The van der Waals surface area contributed by atoms with E-state index in [2.05, 4.69) is 15.0 Å². The van der Waals surface area contributed by atoms with Crippen molar-refractivity contribution in [2.45, 2.75) is 12.8 Å². The molecule has 2 aromatic heterocycles. The number of hydrogen-bond donors (Lipinski definition) is 0. The first kappa shape index (κ1) is 15.1. The van der Waals surface area contributed by atoms with E-state index in [9.17, 15) is 4.39 Å². The average molecular weight is 345 g/mol. The van der Waals surface area contributed by atoms with Crippen molar-refractivity contribution in [3.05, 3.63) is 47.4 Å². The minimum absolute atomic E-state index is 0.275. The number of halogens is 1. The fourth-order valence-electron chi connectivity index (χ4n) is 2.77. The summed E-state index contributed by atoms with van der Waals surface area (Å²) in [6.45, 7) is 2.20. The molecule has 0 aliphatic carbocycles. The van der Waals surface area contributed by atoms with Crippen LogP contribution < -0.4 is 9.64 Å². The lowest BCUT2D eigenvalue weighted by atomic mass is 10.2. The number of aromatic nitrogens is 2. The molecule has 0 spiro atoms. The van der Waals surface area contributed by atoms with Crippen LogP contribution in [0, 0.1) is 5.82 Å². The summed E-state index contributed by atoms with van der Waals surface area (Å²) in [6, 6.07) is 8.61. The molecule has 3 aromatic rings. The van der Waals surface area contributed by atoms with Crippen LogP contribution >= 0.6 is 11.3 Å². The second-order valence-electron chi connectivity index (χ2n) is 5.54. The lowest BCUT2D eigenvalue weighted by Crippen LogP contribution is -2.33. The predicted octanol–water partition coefficient (Wildman–Crippen LogP) is 3.77. The zero-order valence-corrected chi connectivity index (χ0v) is 13.8. The lowest BCUT2D eigenvalue weighted by molar-refractivity contribution is 0.304. The molecular weight excluding hydrogens is 329 g/mol. The summed E-state index contributed by atoms with van der Waals surface area (Å²) in [5.74, 6) is 1.62. The molecule has 0 radical (unpaired) electrons.